The van der Waals surface area contributed by atoms with Crippen LogP contribution in [0.25, 0.3) is 5.57 Å². The summed E-state index contributed by atoms with van der Waals surface area (Å²) in [7, 11) is 0. The van der Waals surface area contributed by atoms with E-state index in [-0.39, 0.29) is 11.5 Å². The maximum atomic E-state index is 11.2. The first kappa shape index (κ1) is 15.0. The molecule has 0 fully saturated rings. The molecule has 0 aliphatic heterocycles. The minimum atomic E-state index is -0.445. The number of hydrogen-bond donors (Lipinski definition) is 2. The molecule has 118 valence electrons. The molecule has 0 atom stereocenters. The van der Waals surface area contributed by atoms with E-state index in [9.17, 15) is 10.1 Å². The molecule has 0 bridgehead atoms. The number of nitrogen functional groups attached to an aromatic ring is 1. The molecule has 1 aliphatic carbocycles. The van der Waals surface area contributed by atoms with Gasteiger partial charge in [0.2, 0.25) is 5.82 Å². The van der Waals surface area contributed by atoms with Crippen molar-refractivity contribution < 1.29 is 4.92 Å². The van der Waals surface area contributed by atoms with E-state index in [4.69, 9.17) is 5.73 Å². The molecule has 2 aromatic rings. The Balaban J connectivity index is 1.96. The molecule has 0 unspecified atom stereocenters. The number of aromatic nitrogens is 2. The van der Waals surface area contributed by atoms with Gasteiger partial charge in [0.1, 0.15) is 5.82 Å². The van der Waals surface area contributed by atoms with Gasteiger partial charge in [-0.1, -0.05) is 6.08 Å². The second-order valence-electron chi connectivity index (χ2n) is 5.39. The second-order valence-corrected chi connectivity index (χ2v) is 5.39. The van der Waals surface area contributed by atoms with E-state index in [1.807, 2.05) is 0 Å². The van der Waals surface area contributed by atoms with Crippen molar-refractivity contribution in [3.05, 3.63) is 52.3 Å². The normalized spacial score (nSPS) is 14.2. The Kier molecular flexibility index (Phi) is 4.18. The largest absolute Gasteiger partial charge is 0.384 e. The zero-order chi connectivity index (χ0) is 16.2. The Bertz CT molecular complexity index is 756. The monoisotopic (exact) mass is 311 g/mol. The van der Waals surface area contributed by atoms with Crippen molar-refractivity contribution >= 4 is 28.6 Å². The molecule has 3 N–H and O–H groups in total. The lowest BCUT2D eigenvalue weighted by molar-refractivity contribution is -0.384. The lowest BCUT2D eigenvalue weighted by Gasteiger charge is -2.13. The number of hydrogen-bond acceptors (Lipinski definition) is 6. The molecule has 0 aromatic carbocycles. The van der Waals surface area contributed by atoms with Gasteiger partial charge in [0.25, 0.3) is 0 Å². The van der Waals surface area contributed by atoms with Crippen molar-refractivity contribution in [2.45, 2.75) is 25.7 Å². The number of nitrogens with one attached hydrogen (secondary N) is 1. The maximum Gasteiger partial charge on any atom is 0.311 e. The topological polar surface area (TPSA) is 107 Å². The number of nitrogens with zero attached hydrogens (tertiary/aromatic N) is 3. The zero-order valence-corrected chi connectivity index (χ0v) is 12.5. The van der Waals surface area contributed by atoms with Crippen molar-refractivity contribution in [3.8, 4) is 0 Å². The van der Waals surface area contributed by atoms with Gasteiger partial charge in [0, 0.05) is 6.07 Å². The standard InChI is InChI=1S/C16H17N5O2/c17-15-9-6-12(10-18-15)19-16-14(21(22)23)8-7-13(20-16)11-4-2-1-3-5-11/h4,6-10H,1-3,5H2,(H2,17,18)(H,19,20). The number of nitro groups is 1. The van der Waals surface area contributed by atoms with E-state index in [1.165, 1.54) is 18.7 Å². The highest BCUT2D eigenvalue weighted by Gasteiger charge is 2.18. The van der Waals surface area contributed by atoms with Gasteiger partial charge in [-0.25, -0.2) is 9.97 Å². The summed E-state index contributed by atoms with van der Waals surface area (Å²) in [6, 6.07) is 6.54. The van der Waals surface area contributed by atoms with Crippen molar-refractivity contribution in [2.24, 2.45) is 0 Å². The number of rotatable bonds is 4. The number of nitrogens with two attached hydrogens (primary N) is 1. The van der Waals surface area contributed by atoms with Crippen LogP contribution in [0.3, 0.4) is 0 Å². The summed E-state index contributed by atoms with van der Waals surface area (Å²) in [4.78, 5) is 19.2. The number of anilines is 3. The van der Waals surface area contributed by atoms with Crippen molar-refractivity contribution in [1.82, 2.24) is 9.97 Å². The van der Waals surface area contributed by atoms with Crippen LogP contribution in [0.2, 0.25) is 0 Å². The highest BCUT2D eigenvalue weighted by atomic mass is 16.6. The third kappa shape index (κ3) is 3.45. The van der Waals surface area contributed by atoms with Gasteiger partial charge < -0.3 is 11.1 Å². The minimum absolute atomic E-state index is 0.0676. The molecule has 3 rings (SSSR count). The predicted molar refractivity (Wildman–Crippen MR) is 89.3 cm³/mol. The quantitative estimate of drug-likeness (QED) is 0.659. The molecular formula is C16H17N5O2. The Hall–Kier alpha value is -2.96. The van der Waals surface area contributed by atoms with Crippen LogP contribution in [0.1, 0.15) is 31.4 Å². The van der Waals surface area contributed by atoms with Gasteiger partial charge in [-0.3, -0.25) is 10.1 Å². The first-order chi connectivity index (χ1) is 11.1. The second kappa shape index (κ2) is 6.43. The van der Waals surface area contributed by atoms with E-state index >= 15 is 0 Å². The predicted octanol–water partition coefficient (Wildman–Crippen LogP) is 3.67. The summed E-state index contributed by atoms with van der Waals surface area (Å²) in [5, 5.41) is 14.2. The molecule has 0 saturated heterocycles. The van der Waals surface area contributed by atoms with Crippen LogP contribution in [0.15, 0.2) is 36.5 Å². The van der Waals surface area contributed by atoms with E-state index in [0.29, 0.717) is 11.5 Å². The van der Waals surface area contributed by atoms with Gasteiger partial charge in [-0.2, -0.15) is 0 Å². The Morgan fingerprint density at radius 1 is 1.22 bits per heavy atom. The fraction of sp³-hybridized carbons (Fsp3) is 0.250. The van der Waals surface area contributed by atoms with Crippen molar-refractivity contribution in [2.75, 3.05) is 11.1 Å². The van der Waals surface area contributed by atoms with Crippen molar-refractivity contribution in [1.29, 1.82) is 0 Å². The highest BCUT2D eigenvalue weighted by Crippen LogP contribution is 2.31. The average molecular weight is 311 g/mol. The summed E-state index contributed by atoms with van der Waals surface area (Å²) < 4.78 is 0. The van der Waals surface area contributed by atoms with Gasteiger partial charge in [0.15, 0.2) is 0 Å². The molecule has 0 amide bonds. The average Bonchev–Trinajstić information content (AvgIpc) is 2.57. The fourth-order valence-corrected chi connectivity index (χ4v) is 2.56. The molecule has 0 radical (unpaired) electrons. The first-order valence-corrected chi connectivity index (χ1v) is 7.47. The maximum absolute atomic E-state index is 11.2. The van der Waals surface area contributed by atoms with Crippen LogP contribution in [0.4, 0.5) is 23.0 Å². The summed E-state index contributed by atoms with van der Waals surface area (Å²) in [6.07, 6.45) is 7.96. The molecule has 7 nitrogen and oxygen atoms in total. The highest BCUT2D eigenvalue weighted by molar-refractivity contribution is 5.71. The Labute approximate surface area is 133 Å². The third-order valence-electron chi connectivity index (χ3n) is 3.74. The zero-order valence-electron chi connectivity index (χ0n) is 12.5. The number of pyridine rings is 2. The van der Waals surface area contributed by atoms with E-state index < -0.39 is 4.92 Å². The Morgan fingerprint density at radius 3 is 2.74 bits per heavy atom. The van der Waals surface area contributed by atoms with Crippen LogP contribution in [0.5, 0.6) is 0 Å². The van der Waals surface area contributed by atoms with Crippen molar-refractivity contribution in [3.63, 3.8) is 0 Å². The lowest BCUT2D eigenvalue weighted by Crippen LogP contribution is -2.03. The molecule has 23 heavy (non-hydrogen) atoms. The summed E-state index contributed by atoms with van der Waals surface area (Å²) in [5.41, 5.74) is 8.01. The lowest BCUT2D eigenvalue weighted by atomic mass is 9.97. The third-order valence-corrected chi connectivity index (χ3v) is 3.74. The van der Waals surface area contributed by atoms with Crippen LogP contribution < -0.4 is 11.1 Å². The minimum Gasteiger partial charge on any atom is -0.384 e. The van der Waals surface area contributed by atoms with Gasteiger partial charge >= 0.3 is 5.69 Å². The molecular weight excluding hydrogens is 294 g/mol. The molecule has 1 aliphatic rings. The first-order valence-electron chi connectivity index (χ1n) is 7.47. The van der Waals surface area contributed by atoms with Crippen LogP contribution in [0, 0.1) is 10.1 Å². The van der Waals surface area contributed by atoms with E-state index in [1.54, 1.807) is 18.2 Å². The summed E-state index contributed by atoms with van der Waals surface area (Å²) in [5.74, 6) is 0.602. The van der Waals surface area contributed by atoms with E-state index in [0.717, 1.165) is 30.5 Å². The van der Waals surface area contributed by atoms with Crippen LogP contribution >= 0.6 is 0 Å². The number of allylic oxidation sites excluding steroid dienone is 2. The van der Waals surface area contributed by atoms with E-state index in [2.05, 4.69) is 21.4 Å². The van der Waals surface area contributed by atoms with Gasteiger partial charge in [-0.05, 0) is 49.5 Å². The SMILES string of the molecule is Nc1ccc(Nc2nc(C3=CCCCC3)ccc2[N+](=O)[O-])cn1. The van der Waals surface area contributed by atoms with Gasteiger partial charge in [0.05, 0.1) is 22.5 Å². The van der Waals surface area contributed by atoms with Crippen LogP contribution in [-0.2, 0) is 0 Å². The van der Waals surface area contributed by atoms with Crippen LogP contribution in [-0.4, -0.2) is 14.9 Å². The molecule has 2 aromatic heterocycles. The molecule has 2 heterocycles. The molecule has 7 heteroatoms. The summed E-state index contributed by atoms with van der Waals surface area (Å²) in [6.45, 7) is 0. The van der Waals surface area contributed by atoms with Gasteiger partial charge in [-0.15, -0.1) is 0 Å². The Morgan fingerprint density at radius 2 is 2.09 bits per heavy atom. The smallest absolute Gasteiger partial charge is 0.311 e. The summed E-state index contributed by atoms with van der Waals surface area (Å²) >= 11 is 0. The fourth-order valence-electron chi connectivity index (χ4n) is 2.56. The molecule has 0 spiro atoms. The molecule has 0 saturated carbocycles.